The number of nitrogens with one attached hydrogen (secondary N) is 1. The summed E-state index contributed by atoms with van der Waals surface area (Å²) in [4.78, 5) is 16.8. The summed E-state index contributed by atoms with van der Waals surface area (Å²) < 4.78 is 62.3. The minimum absolute atomic E-state index is 0.162. The van der Waals surface area contributed by atoms with Gasteiger partial charge in [0.15, 0.2) is 11.6 Å². The van der Waals surface area contributed by atoms with Gasteiger partial charge in [-0.3, -0.25) is 0 Å². The Morgan fingerprint density at radius 2 is 1.90 bits per heavy atom. The Morgan fingerprint density at radius 3 is 2.55 bits per heavy atom. The summed E-state index contributed by atoms with van der Waals surface area (Å²) in [6, 6.07) is 12.5. The topological polar surface area (TPSA) is 98.3 Å². The molecule has 5 rings (SSSR count). The third kappa shape index (κ3) is 5.88. The van der Waals surface area contributed by atoms with Crippen molar-refractivity contribution < 1.29 is 27.1 Å². The molecule has 12 heteroatoms. The largest absolute Gasteiger partial charge is 0.491 e. The highest BCUT2D eigenvalue weighted by Crippen LogP contribution is 2.39. The summed E-state index contributed by atoms with van der Waals surface area (Å²) >= 11 is 0. The number of hydrogen-bond donors (Lipinski definition) is 2. The van der Waals surface area contributed by atoms with Gasteiger partial charge in [-0.25, -0.2) is 18.9 Å². The highest BCUT2D eigenvalue weighted by Gasteiger charge is 2.34. The second kappa shape index (κ2) is 11.3. The van der Waals surface area contributed by atoms with Crippen molar-refractivity contribution in [1.29, 1.82) is 0 Å². The lowest BCUT2D eigenvalue weighted by Gasteiger charge is -2.28. The highest BCUT2D eigenvalue weighted by atomic mass is 19.4. The van der Waals surface area contributed by atoms with Crippen LogP contribution in [0.2, 0.25) is 0 Å². The van der Waals surface area contributed by atoms with Crippen LogP contribution in [-0.4, -0.2) is 33.9 Å². The Hall–Kier alpha value is -4.61. The number of aromatic nitrogens is 3. The van der Waals surface area contributed by atoms with Crippen molar-refractivity contribution in [2.45, 2.75) is 39.9 Å². The van der Waals surface area contributed by atoms with Crippen LogP contribution in [-0.2, 0) is 19.1 Å². The second-order valence-electron chi connectivity index (χ2n) is 10.6. The molecule has 220 valence electrons. The van der Waals surface area contributed by atoms with E-state index >= 15 is 0 Å². The first-order valence-corrected chi connectivity index (χ1v) is 13.4. The number of halogens is 4. The first-order valence-electron chi connectivity index (χ1n) is 13.4. The molecule has 1 aliphatic heterocycles. The molecular weight excluding hydrogens is 552 g/mol. The third-order valence-electron chi connectivity index (χ3n) is 6.89. The zero-order chi connectivity index (χ0) is 30.2. The zero-order valence-corrected chi connectivity index (χ0v) is 23.3. The maximum atomic E-state index is 15.0. The lowest BCUT2D eigenvalue weighted by atomic mass is 10.00. The first-order chi connectivity index (χ1) is 19.9. The molecule has 1 aliphatic rings. The van der Waals surface area contributed by atoms with Crippen molar-refractivity contribution >= 4 is 17.5 Å². The lowest BCUT2D eigenvalue weighted by Crippen LogP contribution is -2.32. The number of carbonyl (C=O) groups excluding carboxylic acids is 1. The Bertz CT molecular complexity index is 1620. The number of para-hydroxylation sites is 1. The third-order valence-corrected chi connectivity index (χ3v) is 6.89. The number of hydrogen-bond acceptors (Lipinski definition) is 5. The van der Waals surface area contributed by atoms with Crippen LogP contribution in [0.1, 0.15) is 36.2 Å². The van der Waals surface area contributed by atoms with Gasteiger partial charge in [-0.2, -0.15) is 18.3 Å². The Labute approximate surface area is 240 Å². The minimum atomic E-state index is -4.70. The molecular formula is C30H30F4N6O2. The fourth-order valence-corrected chi connectivity index (χ4v) is 4.96. The van der Waals surface area contributed by atoms with Crippen LogP contribution in [0.3, 0.4) is 0 Å². The van der Waals surface area contributed by atoms with E-state index in [9.17, 15) is 22.4 Å². The molecule has 0 atom stereocenters. The number of alkyl halides is 3. The maximum absolute atomic E-state index is 15.0. The van der Waals surface area contributed by atoms with Gasteiger partial charge in [0.05, 0.1) is 23.6 Å². The first kappa shape index (κ1) is 28.9. The average molecular weight is 583 g/mol. The smallest absolute Gasteiger partial charge is 0.417 e. The fraction of sp³-hybridized carbons (Fsp3) is 0.300. The molecule has 8 nitrogen and oxygen atoms in total. The van der Waals surface area contributed by atoms with E-state index < -0.39 is 23.6 Å². The number of benzene rings is 2. The van der Waals surface area contributed by atoms with Crippen LogP contribution in [0.4, 0.5) is 33.9 Å². The Balaban J connectivity index is 1.63. The van der Waals surface area contributed by atoms with Crippen LogP contribution in [0, 0.1) is 18.7 Å². The number of aryl methyl sites for hydroxylation is 1. The summed E-state index contributed by atoms with van der Waals surface area (Å²) in [5.74, 6) is -0.282. The number of pyridine rings is 1. The number of nitrogens with zero attached hydrogens (tertiary/aromatic N) is 4. The molecule has 0 aliphatic carbocycles. The van der Waals surface area contributed by atoms with Crippen molar-refractivity contribution in [2.75, 3.05) is 23.4 Å². The van der Waals surface area contributed by atoms with Crippen molar-refractivity contribution in [3.8, 4) is 22.7 Å². The number of carbonyl (C=O) groups is 1. The van der Waals surface area contributed by atoms with Crippen LogP contribution in [0.15, 0.2) is 54.7 Å². The van der Waals surface area contributed by atoms with Gasteiger partial charge in [-0.05, 0) is 42.7 Å². The number of anilines is 2. The molecule has 4 aromatic rings. The van der Waals surface area contributed by atoms with Crippen molar-refractivity contribution in [3.05, 3.63) is 82.9 Å². The van der Waals surface area contributed by atoms with E-state index in [0.717, 1.165) is 28.1 Å². The van der Waals surface area contributed by atoms with E-state index in [-0.39, 0.29) is 18.3 Å². The van der Waals surface area contributed by atoms with Gasteiger partial charge in [0, 0.05) is 42.5 Å². The quantitative estimate of drug-likeness (QED) is 0.243. The molecule has 42 heavy (non-hydrogen) atoms. The SMILES string of the molecule is Cc1cccc(OCC(C)C)c1-n1nc2c(c1-c1ccc(NC(N)=O)cc1)CN(c1ncc(C(F)(F)F)cc1F)CC2. The molecule has 0 radical (unpaired) electrons. The van der Waals surface area contributed by atoms with Crippen LogP contribution in [0.25, 0.3) is 16.9 Å². The van der Waals surface area contributed by atoms with Gasteiger partial charge in [-0.15, -0.1) is 0 Å². The minimum Gasteiger partial charge on any atom is -0.491 e. The number of rotatable bonds is 7. The zero-order valence-electron chi connectivity index (χ0n) is 23.3. The number of urea groups is 1. The average Bonchev–Trinajstić information content (AvgIpc) is 3.29. The summed E-state index contributed by atoms with van der Waals surface area (Å²) in [5.41, 5.74) is 9.27. The molecule has 0 bridgehead atoms. The van der Waals surface area contributed by atoms with E-state index in [4.69, 9.17) is 15.6 Å². The number of fused-ring (bicyclic) bond motifs is 1. The number of primary amides is 1. The monoisotopic (exact) mass is 582 g/mol. The number of ether oxygens (including phenoxy) is 1. The number of nitrogens with two attached hydrogens (primary N) is 1. The van der Waals surface area contributed by atoms with Crippen LogP contribution < -0.4 is 20.7 Å². The second-order valence-corrected chi connectivity index (χ2v) is 10.6. The lowest BCUT2D eigenvalue weighted by molar-refractivity contribution is -0.138. The highest BCUT2D eigenvalue weighted by molar-refractivity contribution is 5.88. The van der Waals surface area contributed by atoms with Crippen LogP contribution >= 0.6 is 0 Å². The molecule has 0 fully saturated rings. The molecule has 3 heterocycles. The van der Waals surface area contributed by atoms with Gasteiger partial charge in [0.1, 0.15) is 11.4 Å². The van der Waals surface area contributed by atoms with E-state index in [1.807, 2.05) is 41.9 Å². The predicted octanol–water partition coefficient (Wildman–Crippen LogP) is 6.49. The molecule has 2 amide bonds. The molecule has 2 aromatic heterocycles. The normalized spacial score (nSPS) is 13.3. The van der Waals surface area contributed by atoms with Crippen LogP contribution in [0.5, 0.6) is 5.75 Å². The molecule has 0 saturated heterocycles. The van der Waals surface area contributed by atoms with E-state index in [2.05, 4.69) is 24.1 Å². The fourth-order valence-electron chi connectivity index (χ4n) is 4.96. The van der Waals surface area contributed by atoms with E-state index in [0.29, 0.717) is 49.0 Å². The van der Waals surface area contributed by atoms with Crippen molar-refractivity contribution in [2.24, 2.45) is 11.7 Å². The van der Waals surface area contributed by atoms with Gasteiger partial charge in [0.25, 0.3) is 0 Å². The summed E-state index contributed by atoms with van der Waals surface area (Å²) in [5, 5.41) is 7.51. The van der Waals surface area contributed by atoms with Gasteiger partial charge in [0.2, 0.25) is 0 Å². The molecule has 0 saturated carbocycles. The van der Waals surface area contributed by atoms with Gasteiger partial charge in [-0.1, -0.05) is 38.1 Å². The maximum Gasteiger partial charge on any atom is 0.417 e. The van der Waals surface area contributed by atoms with E-state index in [1.165, 1.54) is 0 Å². The molecule has 3 N–H and O–H groups in total. The molecule has 0 unspecified atom stereocenters. The summed E-state index contributed by atoms with van der Waals surface area (Å²) in [7, 11) is 0. The standard InChI is InChI=1S/C30H30F4N6O2/c1-17(2)16-42-25-6-4-5-18(3)26(25)40-27(19-7-9-21(10-8-19)37-29(35)41)22-15-39(12-11-24(22)38-40)28-23(31)13-20(14-36-28)30(32,33)34/h4-10,13-14,17H,11-12,15-16H2,1-3H3,(H3,35,37,41). The molecule has 0 spiro atoms. The number of amides is 2. The molecule has 2 aromatic carbocycles. The Kier molecular flexibility index (Phi) is 7.81. The summed E-state index contributed by atoms with van der Waals surface area (Å²) in [6.07, 6.45) is -3.64. The van der Waals surface area contributed by atoms with E-state index in [1.54, 1.807) is 17.0 Å². The van der Waals surface area contributed by atoms with Crippen molar-refractivity contribution in [3.63, 3.8) is 0 Å². The summed E-state index contributed by atoms with van der Waals surface area (Å²) in [6.45, 7) is 7.03. The van der Waals surface area contributed by atoms with Gasteiger partial charge >= 0.3 is 12.2 Å². The van der Waals surface area contributed by atoms with Crippen molar-refractivity contribution in [1.82, 2.24) is 14.8 Å². The predicted molar refractivity (Wildman–Crippen MR) is 151 cm³/mol. The Morgan fingerprint density at radius 1 is 1.17 bits per heavy atom. The van der Waals surface area contributed by atoms with Gasteiger partial charge < -0.3 is 20.7 Å².